The van der Waals surface area contributed by atoms with E-state index in [1.54, 1.807) is 13.2 Å². The molecule has 2 aliphatic heterocycles. The molecule has 1 N–H and O–H groups in total. The normalized spacial score (nSPS) is 22.9. The van der Waals surface area contributed by atoms with Gasteiger partial charge in [0.05, 0.1) is 14.2 Å². The van der Waals surface area contributed by atoms with Crippen LogP contribution in [0, 0.1) is 5.82 Å². The van der Waals surface area contributed by atoms with Crippen LogP contribution in [0.1, 0.15) is 19.3 Å². The maximum atomic E-state index is 13.4. The van der Waals surface area contributed by atoms with Crippen molar-refractivity contribution in [2.24, 2.45) is 0 Å². The van der Waals surface area contributed by atoms with Crippen LogP contribution in [-0.4, -0.2) is 68.7 Å². The minimum absolute atomic E-state index is 0.326. The van der Waals surface area contributed by atoms with E-state index < -0.39 is 6.10 Å². The zero-order chi connectivity index (χ0) is 21.8. The molecule has 0 aliphatic carbocycles. The summed E-state index contributed by atoms with van der Waals surface area (Å²) in [6, 6.07) is 12.8. The number of aliphatic hydroxyl groups excluding tert-OH is 1. The summed E-state index contributed by atoms with van der Waals surface area (Å²) in [6.45, 7) is 3.42. The standard InChI is InChI=1S/C24H31FN2O4/c1-29-20-5-3-4-19(15-20)26-11-8-18(9-12-26)27-13-10-22(21(28)16-27)31-23-7-6-17(25)14-24(23)30-2/h3-7,14-15,18,21-22,28H,8-13,16H2,1-2H3/t21-,22-/m1/s1. The Morgan fingerprint density at radius 3 is 2.45 bits per heavy atom. The number of likely N-dealkylation sites (tertiary alicyclic amines) is 1. The number of aliphatic hydroxyl groups is 1. The third-order valence-corrected chi connectivity index (χ3v) is 6.35. The van der Waals surface area contributed by atoms with Gasteiger partial charge in [-0.1, -0.05) is 6.07 Å². The van der Waals surface area contributed by atoms with Gasteiger partial charge in [-0.2, -0.15) is 0 Å². The molecular formula is C24H31FN2O4. The van der Waals surface area contributed by atoms with Crippen molar-refractivity contribution in [2.75, 3.05) is 45.3 Å². The Bertz CT molecular complexity index is 872. The third-order valence-electron chi connectivity index (χ3n) is 6.35. The summed E-state index contributed by atoms with van der Waals surface area (Å²) in [5.41, 5.74) is 1.19. The number of rotatable bonds is 6. The van der Waals surface area contributed by atoms with Gasteiger partial charge in [-0.25, -0.2) is 4.39 Å². The molecule has 0 aromatic heterocycles. The van der Waals surface area contributed by atoms with Gasteiger partial charge in [-0.3, -0.25) is 4.90 Å². The van der Waals surface area contributed by atoms with E-state index in [9.17, 15) is 9.50 Å². The van der Waals surface area contributed by atoms with E-state index in [0.29, 0.717) is 24.1 Å². The molecule has 0 bridgehead atoms. The van der Waals surface area contributed by atoms with Crippen LogP contribution < -0.4 is 19.1 Å². The first-order valence-corrected chi connectivity index (χ1v) is 10.9. The third kappa shape index (κ3) is 5.05. The summed E-state index contributed by atoms with van der Waals surface area (Å²) in [6.07, 6.45) is 1.91. The fourth-order valence-corrected chi connectivity index (χ4v) is 4.60. The number of hydrogen-bond acceptors (Lipinski definition) is 6. The second-order valence-electron chi connectivity index (χ2n) is 8.22. The Balaban J connectivity index is 1.30. The predicted molar refractivity (Wildman–Crippen MR) is 118 cm³/mol. The van der Waals surface area contributed by atoms with Gasteiger partial charge in [0.25, 0.3) is 0 Å². The Morgan fingerprint density at radius 1 is 0.935 bits per heavy atom. The lowest BCUT2D eigenvalue weighted by atomic mass is 9.97. The molecule has 0 spiro atoms. The molecule has 31 heavy (non-hydrogen) atoms. The van der Waals surface area contributed by atoms with Gasteiger partial charge in [0.1, 0.15) is 23.8 Å². The van der Waals surface area contributed by atoms with Crippen LogP contribution in [0.25, 0.3) is 0 Å². The molecule has 2 aromatic rings. The Hall–Kier alpha value is -2.51. The first kappa shape index (κ1) is 21.7. The SMILES string of the molecule is COc1cccc(N2CCC(N3CC[C@@H](Oc4ccc(F)cc4OC)[C@H](O)C3)CC2)c1. The highest BCUT2D eigenvalue weighted by Crippen LogP contribution is 2.32. The molecule has 0 radical (unpaired) electrons. The second-order valence-corrected chi connectivity index (χ2v) is 8.22. The summed E-state index contributed by atoms with van der Waals surface area (Å²) in [5.74, 6) is 1.31. The van der Waals surface area contributed by atoms with E-state index in [1.807, 2.05) is 12.1 Å². The van der Waals surface area contributed by atoms with E-state index in [-0.39, 0.29) is 11.9 Å². The molecule has 2 fully saturated rings. The minimum atomic E-state index is -0.597. The zero-order valence-electron chi connectivity index (χ0n) is 18.2. The highest BCUT2D eigenvalue weighted by atomic mass is 19.1. The molecule has 2 aromatic carbocycles. The summed E-state index contributed by atoms with van der Waals surface area (Å²) < 4.78 is 30.0. The quantitative estimate of drug-likeness (QED) is 0.759. The first-order chi connectivity index (χ1) is 15.1. The van der Waals surface area contributed by atoms with Gasteiger partial charge in [0, 0.05) is 50.0 Å². The van der Waals surface area contributed by atoms with Crippen LogP contribution in [0.2, 0.25) is 0 Å². The number of nitrogens with zero attached hydrogens (tertiary/aromatic N) is 2. The van der Waals surface area contributed by atoms with Gasteiger partial charge in [0.2, 0.25) is 0 Å². The lowest BCUT2D eigenvalue weighted by molar-refractivity contribution is -0.0406. The molecule has 2 heterocycles. The van der Waals surface area contributed by atoms with Crippen LogP contribution in [0.3, 0.4) is 0 Å². The van der Waals surface area contributed by atoms with Crippen LogP contribution in [0.15, 0.2) is 42.5 Å². The number of piperidine rings is 2. The smallest absolute Gasteiger partial charge is 0.163 e. The molecular weight excluding hydrogens is 399 g/mol. The van der Waals surface area contributed by atoms with Gasteiger partial charge < -0.3 is 24.2 Å². The van der Waals surface area contributed by atoms with Crippen molar-refractivity contribution < 1.29 is 23.7 Å². The lowest BCUT2D eigenvalue weighted by Crippen LogP contribution is -2.54. The number of halogens is 1. The van der Waals surface area contributed by atoms with E-state index in [2.05, 4.69) is 21.9 Å². The van der Waals surface area contributed by atoms with Crippen molar-refractivity contribution in [3.05, 3.63) is 48.3 Å². The zero-order valence-corrected chi connectivity index (χ0v) is 18.2. The predicted octanol–water partition coefficient (Wildman–Crippen LogP) is 3.33. The lowest BCUT2D eigenvalue weighted by Gasteiger charge is -2.44. The first-order valence-electron chi connectivity index (χ1n) is 10.9. The van der Waals surface area contributed by atoms with E-state index in [1.165, 1.54) is 24.9 Å². The van der Waals surface area contributed by atoms with Gasteiger partial charge in [-0.15, -0.1) is 0 Å². The number of β-amino-alcohol motifs (C(OH)–C–C–N with tert-alkyl or cyclic N) is 1. The fraction of sp³-hybridized carbons (Fsp3) is 0.500. The van der Waals surface area contributed by atoms with Gasteiger partial charge in [-0.05, 0) is 43.5 Å². The molecule has 168 valence electrons. The number of hydrogen-bond donors (Lipinski definition) is 1. The molecule has 4 rings (SSSR count). The van der Waals surface area contributed by atoms with Crippen molar-refractivity contribution >= 4 is 5.69 Å². The number of ether oxygens (including phenoxy) is 3. The van der Waals surface area contributed by atoms with Crippen molar-refractivity contribution in [1.82, 2.24) is 4.90 Å². The van der Waals surface area contributed by atoms with Gasteiger partial charge >= 0.3 is 0 Å². The summed E-state index contributed by atoms with van der Waals surface area (Å²) >= 11 is 0. The highest BCUT2D eigenvalue weighted by molar-refractivity contribution is 5.51. The molecule has 2 aliphatic rings. The van der Waals surface area contributed by atoms with Crippen LogP contribution in [0.4, 0.5) is 10.1 Å². The second kappa shape index (κ2) is 9.75. The van der Waals surface area contributed by atoms with E-state index in [4.69, 9.17) is 14.2 Å². The molecule has 0 amide bonds. The number of methoxy groups -OCH3 is 2. The largest absolute Gasteiger partial charge is 0.497 e. The fourth-order valence-electron chi connectivity index (χ4n) is 4.60. The summed E-state index contributed by atoms with van der Waals surface area (Å²) in [7, 11) is 3.18. The Morgan fingerprint density at radius 2 is 1.74 bits per heavy atom. The molecule has 0 unspecified atom stereocenters. The number of benzene rings is 2. The molecule has 0 saturated carbocycles. The van der Waals surface area contributed by atoms with Crippen molar-refractivity contribution in [1.29, 1.82) is 0 Å². The van der Waals surface area contributed by atoms with Crippen molar-refractivity contribution in [3.8, 4) is 17.2 Å². The monoisotopic (exact) mass is 430 g/mol. The maximum absolute atomic E-state index is 13.4. The molecule has 2 atom stereocenters. The van der Waals surface area contributed by atoms with Gasteiger partial charge in [0.15, 0.2) is 11.5 Å². The van der Waals surface area contributed by atoms with Crippen LogP contribution >= 0.6 is 0 Å². The van der Waals surface area contributed by atoms with Crippen molar-refractivity contribution in [2.45, 2.75) is 37.5 Å². The van der Waals surface area contributed by atoms with Crippen LogP contribution in [-0.2, 0) is 0 Å². The molecule has 7 heteroatoms. The van der Waals surface area contributed by atoms with E-state index >= 15 is 0 Å². The summed E-state index contributed by atoms with van der Waals surface area (Å²) in [4.78, 5) is 4.78. The molecule has 2 saturated heterocycles. The highest BCUT2D eigenvalue weighted by Gasteiger charge is 2.34. The Kier molecular flexibility index (Phi) is 6.83. The van der Waals surface area contributed by atoms with Crippen molar-refractivity contribution in [3.63, 3.8) is 0 Å². The average molecular weight is 431 g/mol. The number of anilines is 1. The minimum Gasteiger partial charge on any atom is -0.497 e. The topological polar surface area (TPSA) is 54.4 Å². The molecule has 6 nitrogen and oxygen atoms in total. The average Bonchev–Trinajstić information content (AvgIpc) is 2.81. The maximum Gasteiger partial charge on any atom is 0.163 e. The van der Waals surface area contributed by atoms with Crippen LogP contribution in [0.5, 0.6) is 17.2 Å². The summed E-state index contributed by atoms with van der Waals surface area (Å²) in [5, 5.41) is 10.7. The van der Waals surface area contributed by atoms with E-state index in [0.717, 1.165) is 44.6 Å². The Labute approximate surface area is 183 Å².